The maximum atomic E-state index is 13.1. The molecule has 0 spiro atoms. The van der Waals surface area contributed by atoms with Crippen LogP contribution in [0.25, 0.3) is 0 Å². The standard InChI is InChI=1S/C22H26N2O4S/c1-14-11-20(28-3)21(12-15(14)2)29(26,27)23-18-9-8-16-5-4-10-24(19(16)13-18)22(25)17-6-7-17/h8-9,11-13,17,23H,4-7,10H2,1-3H3. The molecule has 1 saturated carbocycles. The Kier molecular flexibility index (Phi) is 5.02. The van der Waals surface area contributed by atoms with Crippen LogP contribution in [0.3, 0.4) is 0 Å². The average Bonchev–Trinajstić information content (AvgIpc) is 3.53. The molecule has 0 saturated heterocycles. The Bertz CT molecular complexity index is 1070. The molecular formula is C22H26N2O4S. The van der Waals surface area contributed by atoms with Gasteiger partial charge in [0, 0.05) is 18.2 Å². The summed E-state index contributed by atoms with van der Waals surface area (Å²) in [5.41, 5.74) is 4.18. The summed E-state index contributed by atoms with van der Waals surface area (Å²) in [5.74, 6) is 0.590. The Hall–Kier alpha value is -2.54. The number of carbonyl (C=O) groups is 1. The van der Waals surface area contributed by atoms with Crippen molar-refractivity contribution in [2.75, 3.05) is 23.3 Å². The number of rotatable bonds is 5. The lowest BCUT2D eigenvalue weighted by molar-refractivity contribution is -0.119. The summed E-state index contributed by atoms with van der Waals surface area (Å²) < 4.78 is 34.1. The molecular weight excluding hydrogens is 388 g/mol. The second-order valence-electron chi connectivity index (χ2n) is 7.90. The summed E-state index contributed by atoms with van der Waals surface area (Å²) >= 11 is 0. The average molecular weight is 415 g/mol. The van der Waals surface area contributed by atoms with Crippen LogP contribution in [0, 0.1) is 19.8 Å². The molecule has 1 heterocycles. The molecule has 1 aliphatic carbocycles. The minimum atomic E-state index is -3.84. The molecule has 2 aromatic carbocycles. The second kappa shape index (κ2) is 7.37. The van der Waals surface area contributed by atoms with Crippen LogP contribution in [-0.4, -0.2) is 28.0 Å². The van der Waals surface area contributed by atoms with Gasteiger partial charge in [0.25, 0.3) is 10.0 Å². The molecule has 1 aliphatic heterocycles. The number of nitrogens with one attached hydrogen (secondary N) is 1. The monoisotopic (exact) mass is 414 g/mol. The Morgan fingerprint density at radius 2 is 1.86 bits per heavy atom. The van der Waals surface area contributed by atoms with Gasteiger partial charge in [-0.2, -0.15) is 0 Å². The summed E-state index contributed by atoms with van der Waals surface area (Å²) in [6, 6.07) is 8.80. The molecule has 6 nitrogen and oxygen atoms in total. The molecule has 0 bridgehead atoms. The van der Waals surface area contributed by atoms with Crippen LogP contribution in [0.2, 0.25) is 0 Å². The van der Waals surface area contributed by atoms with Crippen LogP contribution >= 0.6 is 0 Å². The van der Waals surface area contributed by atoms with E-state index in [0.29, 0.717) is 18.0 Å². The predicted molar refractivity (Wildman–Crippen MR) is 113 cm³/mol. The van der Waals surface area contributed by atoms with Crippen molar-refractivity contribution in [3.63, 3.8) is 0 Å². The first-order chi connectivity index (χ1) is 13.8. The van der Waals surface area contributed by atoms with E-state index in [0.717, 1.165) is 48.1 Å². The largest absolute Gasteiger partial charge is 0.495 e. The predicted octanol–water partition coefficient (Wildman–Crippen LogP) is 3.80. The molecule has 0 aromatic heterocycles. The third kappa shape index (κ3) is 3.83. The van der Waals surface area contributed by atoms with Gasteiger partial charge in [0.05, 0.1) is 12.8 Å². The van der Waals surface area contributed by atoms with E-state index in [1.54, 1.807) is 24.3 Å². The number of hydrogen-bond donors (Lipinski definition) is 1. The maximum absolute atomic E-state index is 13.1. The number of aryl methyl sites for hydroxylation is 3. The van der Waals surface area contributed by atoms with Crippen molar-refractivity contribution in [3.05, 3.63) is 47.0 Å². The lowest BCUT2D eigenvalue weighted by atomic mass is 10.0. The summed E-state index contributed by atoms with van der Waals surface area (Å²) in [6.45, 7) is 4.47. The van der Waals surface area contributed by atoms with Gasteiger partial charge >= 0.3 is 0 Å². The number of nitrogens with zero attached hydrogens (tertiary/aromatic N) is 1. The number of methoxy groups -OCH3 is 1. The number of anilines is 2. The van der Waals surface area contributed by atoms with Crippen molar-refractivity contribution in [2.45, 2.75) is 44.4 Å². The Morgan fingerprint density at radius 3 is 2.55 bits per heavy atom. The van der Waals surface area contributed by atoms with Gasteiger partial charge < -0.3 is 9.64 Å². The molecule has 4 rings (SSSR count). The first-order valence-electron chi connectivity index (χ1n) is 9.92. The summed E-state index contributed by atoms with van der Waals surface area (Å²) in [7, 11) is -2.38. The zero-order valence-corrected chi connectivity index (χ0v) is 17.8. The van der Waals surface area contributed by atoms with E-state index in [-0.39, 0.29) is 16.7 Å². The highest BCUT2D eigenvalue weighted by Crippen LogP contribution is 2.37. The third-order valence-corrected chi connectivity index (χ3v) is 7.12. The van der Waals surface area contributed by atoms with Crippen LogP contribution in [0.15, 0.2) is 35.2 Å². The number of hydrogen-bond acceptors (Lipinski definition) is 4. The smallest absolute Gasteiger partial charge is 0.265 e. The molecule has 2 aliphatic rings. The van der Waals surface area contributed by atoms with Gasteiger partial charge in [0.15, 0.2) is 0 Å². The van der Waals surface area contributed by atoms with E-state index in [2.05, 4.69) is 4.72 Å². The highest BCUT2D eigenvalue weighted by atomic mass is 32.2. The number of carbonyl (C=O) groups excluding carboxylic acids is 1. The summed E-state index contributed by atoms with van der Waals surface area (Å²) in [6.07, 6.45) is 3.71. The highest BCUT2D eigenvalue weighted by Gasteiger charge is 2.35. The maximum Gasteiger partial charge on any atom is 0.265 e. The van der Waals surface area contributed by atoms with Crippen molar-refractivity contribution in [1.29, 1.82) is 0 Å². The zero-order chi connectivity index (χ0) is 20.8. The molecule has 1 N–H and O–H groups in total. The molecule has 1 fully saturated rings. The number of sulfonamides is 1. The topological polar surface area (TPSA) is 75.7 Å². The number of amides is 1. The van der Waals surface area contributed by atoms with Gasteiger partial charge in [-0.3, -0.25) is 9.52 Å². The zero-order valence-electron chi connectivity index (χ0n) is 17.0. The minimum Gasteiger partial charge on any atom is -0.495 e. The summed E-state index contributed by atoms with van der Waals surface area (Å²) in [5, 5.41) is 0. The normalized spacial score (nSPS) is 16.3. The van der Waals surface area contributed by atoms with E-state index in [1.807, 2.05) is 24.8 Å². The van der Waals surface area contributed by atoms with Gasteiger partial charge in [0.2, 0.25) is 5.91 Å². The third-order valence-electron chi connectivity index (χ3n) is 5.72. The number of ether oxygens (including phenoxy) is 1. The van der Waals surface area contributed by atoms with Crippen molar-refractivity contribution >= 4 is 27.3 Å². The Labute approximate surface area is 171 Å². The molecule has 0 unspecified atom stereocenters. The Balaban J connectivity index is 1.67. The van der Waals surface area contributed by atoms with Gasteiger partial charge in [-0.05, 0) is 80.5 Å². The van der Waals surface area contributed by atoms with Crippen molar-refractivity contribution < 1.29 is 17.9 Å². The fourth-order valence-electron chi connectivity index (χ4n) is 3.76. The lowest BCUT2D eigenvalue weighted by Crippen LogP contribution is -2.36. The number of fused-ring (bicyclic) bond motifs is 1. The lowest BCUT2D eigenvalue weighted by Gasteiger charge is -2.30. The van der Waals surface area contributed by atoms with E-state index >= 15 is 0 Å². The van der Waals surface area contributed by atoms with Crippen LogP contribution in [-0.2, 0) is 21.2 Å². The van der Waals surface area contributed by atoms with Crippen molar-refractivity contribution in [3.8, 4) is 5.75 Å². The van der Waals surface area contributed by atoms with Gasteiger partial charge in [0.1, 0.15) is 10.6 Å². The first kappa shape index (κ1) is 19.8. The second-order valence-corrected chi connectivity index (χ2v) is 9.55. The minimum absolute atomic E-state index is 0.103. The van der Waals surface area contributed by atoms with E-state index < -0.39 is 10.0 Å². The van der Waals surface area contributed by atoms with Gasteiger partial charge in [-0.15, -0.1) is 0 Å². The summed E-state index contributed by atoms with van der Waals surface area (Å²) in [4.78, 5) is 14.6. The molecule has 154 valence electrons. The number of benzene rings is 2. The highest BCUT2D eigenvalue weighted by molar-refractivity contribution is 7.92. The fourth-order valence-corrected chi connectivity index (χ4v) is 5.05. The first-order valence-corrected chi connectivity index (χ1v) is 11.4. The SMILES string of the molecule is COc1cc(C)c(C)cc1S(=O)(=O)Nc1ccc2c(c1)N(C(=O)C1CC1)CCC2. The van der Waals surface area contributed by atoms with Gasteiger partial charge in [-0.25, -0.2) is 8.42 Å². The van der Waals surface area contributed by atoms with E-state index in [4.69, 9.17) is 4.74 Å². The molecule has 2 aromatic rings. The fraction of sp³-hybridized carbons (Fsp3) is 0.409. The molecule has 0 atom stereocenters. The van der Waals surface area contributed by atoms with Gasteiger partial charge in [-0.1, -0.05) is 6.07 Å². The van der Waals surface area contributed by atoms with Crippen LogP contribution in [0.5, 0.6) is 5.75 Å². The molecule has 0 radical (unpaired) electrons. The van der Waals surface area contributed by atoms with Crippen LogP contribution in [0.4, 0.5) is 11.4 Å². The van der Waals surface area contributed by atoms with Crippen LogP contribution < -0.4 is 14.4 Å². The Morgan fingerprint density at radius 1 is 1.14 bits per heavy atom. The van der Waals surface area contributed by atoms with Crippen molar-refractivity contribution in [1.82, 2.24) is 0 Å². The molecule has 7 heteroatoms. The van der Waals surface area contributed by atoms with E-state index in [9.17, 15) is 13.2 Å². The van der Waals surface area contributed by atoms with Crippen LogP contribution in [0.1, 0.15) is 36.0 Å². The van der Waals surface area contributed by atoms with Crippen molar-refractivity contribution in [2.24, 2.45) is 5.92 Å². The quantitative estimate of drug-likeness (QED) is 0.807. The molecule has 29 heavy (non-hydrogen) atoms. The van der Waals surface area contributed by atoms with E-state index in [1.165, 1.54) is 7.11 Å². The molecule has 1 amide bonds.